The van der Waals surface area contributed by atoms with Crippen LogP contribution in [0.4, 0.5) is 0 Å². The Labute approximate surface area is 131 Å². The second-order valence-corrected chi connectivity index (χ2v) is 7.35. The van der Waals surface area contributed by atoms with E-state index < -0.39 is 9.05 Å². The van der Waals surface area contributed by atoms with Gasteiger partial charge in [-0.05, 0) is 35.9 Å². The molecule has 0 aromatic heterocycles. The fourth-order valence-electron chi connectivity index (χ4n) is 1.58. The lowest BCUT2D eigenvalue weighted by atomic mass is 10.2. The van der Waals surface area contributed by atoms with Gasteiger partial charge in [0.15, 0.2) is 0 Å². The van der Waals surface area contributed by atoms with Crippen LogP contribution < -0.4 is 4.74 Å². The van der Waals surface area contributed by atoms with Crippen molar-refractivity contribution in [3.05, 3.63) is 58.1 Å². The number of halogens is 3. The third-order valence-electron chi connectivity index (χ3n) is 2.45. The Bertz CT molecular complexity index is 729. The van der Waals surface area contributed by atoms with Gasteiger partial charge in [-0.3, -0.25) is 0 Å². The topological polar surface area (TPSA) is 43.4 Å². The average molecular weight is 352 g/mol. The molecular weight excluding hydrogens is 343 g/mol. The van der Waals surface area contributed by atoms with E-state index in [-0.39, 0.29) is 22.3 Å². The van der Waals surface area contributed by atoms with Crippen LogP contribution in [0, 0.1) is 0 Å². The summed E-state index contributed by atoms with van der Waals surface area (Å²) in [6.07, 6.45) is 0. The molecule has 0 fully saturated rings. The van der Waals surface area contributed by atoms with E-state index in [0.717, 1.165) is 5.56 Å². The Morgan fingerprint density at radius 1 is 1.00 bits per heavy atom. The summed E-state index contributed by atoms with van der Waals surface area (Å²) in [5, 5.41) is 0.840. The monoisotopic (exact) mass is 350 g/mol. The zero-order valence-corrected chi connectivity index (χ0v) is 13.1. The molecule has 0 aliphatic heterocycles. The lowest BCUT2D eigenvalue weighted by Crippen LogP contribution is -2.00. The van der Waals surface area contributed by atoms with Crippen LogP contribution in [0.5, 0.6) is 5.75 Å². The van der Waals surface area contributed by atoms with Crippen LogP contribution in [0.2, 0.25) is 10.0 Å². The largest absolute Gasteiger partial charge is 0.487 e. The summed E-state index contributed by atoms with van der Waals surface area (Å²) in [6.45, 7) is 0.168. The van der Waals surface area contributed by atoms with Crippen molar-refractivity contribution < 1.29 is 13.2 Å². The SMILES string of the molecule is O=S(=O)(Cl)c1cc(Cl)ccc1OCc1cccc(Cl)c1. The van der Waals surface area contributed by atoms with Crippen LogP contribution in [0.15, 0.2) is 47.4 Å². The minimum atomic E-state index is -3.93. The van der Waals surface area contributed by atoms with Crippen molar-refractivity contribution in [1.29, 1.82) is 0 Å². The second-order valence-electron chi connectivity index (χ2n) is 3.95. The van der Waals surface area contributed by atoms with E-state index in [1.807, 2.05) is 6.07 Å². The molecule has 0 amide bonds. The molecule has 0 bridgehead atoms. The molecule has 0 radical (unpaired) electrons. The van der Waals surface area contributed by atoms with Crippen LogP contribution in [0.1, 0.15) is 5.56 Å². The highest BCUT2D eigenvalue weighted by Gasteiger charge is 2.17. The van der Waals surface area contributed by atoms with Crippen molar-refractivity contribution in [2.24, 2.45) is 0 Å². The Balaban J connectivity index is 2.26. The number of benzene rings is 2. The van der Waals surface area contributed by atoms with Crippen LogP contribution >= 0.6 is 33.9 Å². The second kappa shape index (κ2) is 6.22. The lowest BCUT2D eigenvalue weighted by Gasteiger charge is -2.10. The molecule has 0 aliphatic carbocycles. The molecule has 0 atom stereocenters. The van der Waals surface area contributed by atoms with Gasteiger partial charge in [-0.15, -0.1) is 0 Å². The molecule has 2 aromatic carbocycles. The van der Waals surface area contributed by atoms with Gasteiger partial charge in [0.05, 0.1) is 0 Å². The average Bonchev–Trinajstić information content (AvgIpc) is 2.36. The summed E-state index contributed by atoms with van der Waals surface area (Å²) in [7, 11) is 1.42. The fraction of sp³-hybridized carbons (Fsp3) is 0.0769. The van der Waals surface area contributed by atoms with Crippen molar-refractivity contribution in [1.82, 2.24) is 0 Å². The van der Waals surface area contributed by atoms with Crippen LogP contribution in [-0.2, 0) is 15.7 Å². The third kappa shape index (κ3) is 4.03. The molecule has 3 nitrogen and oxygen atoms in total. The summed E-state index contributed by atoms with van der Waals surface area (Å²) in [4.78, 5) is -0.159. The molecule has 0 unspecified atom stereocenters. The molecule has 0 aliphatic rings. The van der Waals surface area contributed by atoms with E-state index in [4.69, 9.17) is 38.6 Å². The van der Waals surface area contributed by atoms with E-state index in [2.05, 4.69) is 0 Å². The Morgan fingerprint density at radius 3 is 2.35 bits per heavy atom. The van der Waals surface area contributed by atoms with E-state index in [1.54, 1.807) is 18.2 Å². The maximum absolute atomic E-state index is 11.5. The molecule has 0 heterocycles. The molecular formula is C13H9Cl3O3S. The molecule has 0 saturated carbocycles. The van der Waals surface area contributed by atoms with E-state index in [1.165, 1.54) is 18.2 Å². The molecule has 20 heavy (non-hydrogen) atoms. The lowest BCUT2D eigenvalue weighted by molar-refractivity contribution is 0.298. The zero-order chi connectivity index (χ0) is 14.8. The van der Waals surface area contributed by atoms with E-state index >= 15 is 0 Å². The third-order valence-corrected chi connectivity index (χ3v) is 4.27. The van der Waals surface area contributed by atoms with Crippen LogP contribution in [-0.4, -0.2) is 8.42 Å². The van der Waals surface area contributed by atoms with Crippen LogP contribution in [0.25, 0.3) is 0 Å². The number of ether oxygens (including phenoxy) is 1. The van der Waals surface area contributed by atoms with Gasteiger partial charge < -0.3 is 4.74 Å². The van der Waals surface area contributed by atoms with Gasteiger partial charge in [-0.2, -0.15) is 0 Å². The summed E-state index contributed by atoms with van der Waals surface area (Å²) >= 11 is 11.6. The summed E-state index contributed by atoms with van der Waals surface area (Å²) in [6, 6.07) is 11.3. The molecule has 2 aromatic rings. The first-order valence-electron chi connectivity index (χ1n) is 5.48. The quantitative estimate of drug-likeness (QED) is 0.762. The molecule has 106 valence electrons. The van der Waals surface area contributed by atoms with Gasteiger partial charge >= 0.3 is 0 Å². The highest BCUT2D eigenvalue weighted by molar-refractivity contribution is 8.13. The summed E-state index contributed by atoms with van der Waals surface area (Å²) < 4.78 is 28.4. The number of hydrogen-bond acceptors (Lipinski definition) is 3. The summed E-state index contributed by atoms with van der Waals surface area (Å²) in [5.74, 6) is 0.143. The molecule has 0 saturated heterocycles. The van der Waals surface area contributed by atoms with Crippen molar-refractivity contribution in [3.63, 3.8) is 0 Å². The van der Waals surface area contributed by atoms with Gasteiger partial charge in [0.1, 0.15) is 17.3 Å². The molecule has 7 heteroatoms. The standard InChI is InChI=1S/C13H9Cl3O3S/c14-10-3-1-2-9(6-10)8-19-12-5-4-11(15)7-13(12)20(16,17)18/h1-7H,8H2. The Morgan fingerprint density at radius 2 is 1.70 bits per heavy atom. The maximum atomic E-state index is 11.5. The predicted molar refractivity (Wildman–Crippen MR) is 80.3 cm³/mol. The molecule has 0 N–H and O–H groups in total. The first-order chi connectivity index (χ1) is 9.36. The van der Waals surface area contributed by atoms with Crippen LogP contribution in [0.3, 0.4) is 0 Å². The van der Waals surface area contributed by atoms with Crippen molar-refractivity contribution >= 4 is 42.9 Å². The molecule has 0 spiro atoms. The number of hydrogen-bond donors (Lipinski definition) is 0. The smallest absolute Gasteiger partial charge is 0.265 e. The Kier molecular flexibility index (Phi) is 4.81. The van der Waals surface area contributed by atoms with Crippen molar-refractivity contribution in [2.45, 2.75) is 11.5 Å². The first kappa shape index (κ1) is 15.4. The van der Waals surface area contributed by atoms with Gasteiger partial charge in [0.25, 0.3) is 9.05 Å². The van der Waals surface area contributed by atoms with E-state index in [0.29, 0.717) is 5.02 Å². The van der Waals surface area contributed by atoms with Gasteiger partial charge in [-0.25, -0.2) is 8.42 Å². The predicted octanol–water partition coefficient (Wildman–Crippen LogP) is 4.50. The van der Waals surface area contributed by atoms with Gasteiger partial charge in [0.2, 0.25) is 0 Å². The minimum Gasteiger partial charge on any atom is -0.487 e. The summed E-state index contributed by atoms with van der Waals surface area (Å²) in [5.41, 5.74) is 0.811. The normalized spacial score (nSPS) is 11.3. The minimum absolute atomic E-state index is 0.143. The fourth-order valence-corrected chi connectivity index (χ4v) is 3.03. The van der Waals surface area contributed by atoms with E-state index in [9.17, 15) is 8.42 Å². The highest BCUT2D eigenvalue weighted by atomic mass is 35.7. The maximum Gasteiger partial charge on any atom is 0.265 e. The highest BCUT2D eigenvalue weighted by Crippen LogP contribution is 2.30. The zero-order valence-electron chi connectivity index (χ0n) is 10.0. The van der Waals surface area contributed by atoms with Gasteiger partial charge in [0, 0.05) is 20.7 Å². The van der Waals surface area contributed by atoms with Gasteiger partial charge in [-0.1, -0.05) is 35.3 Å². The molecule has 2 rings (SSSR count). The number of rotatable bonds is 4. The van der Waals surface area contributed by atoms with Crippen molar-refractivity contribution in [2.75, 3.05) is 0 Å². The Hall–Kier alpha value is -0.940. The first-order valence-corrected chi connectivity index (χ1v) is 8.54. The van der Waals surface area contributed by atoms with Crippen molar-refractivity contribution in [3.8, 4) is 5.75 Å².